The third-order valence-electron chi connectivity index (χ3n) is 4.27. The van der Waals surface area contributed by atoms with E-state index in [-0.39, 0.29) is 11.6 Å². The van der Waals surface area contributed by atoms with Crippen molar-refractivity contribution in [1.29, 1.82) is 0 Å². The van der Waals surface area contributed by atoms with Gasteiger partial charge in [-0.05, 0) is 36.2 Å². The summed E-state index contributed by atoms with van der Waals surface area (Å²) in [6, 6.07) is 12.1. The van der Waals surface area contributed by atoms with Crippen LogP contribution in [0.3, 0.4) is 0 Å². The van der Waals surface area contributed by atoms with Crippen molar-refractivity contribution >= 4 is 57.2 Å². The van der Waals surface area contributed by atoms with Crippen molar-refractivity contribution in [2.75, 3.05) is 10.6 Å². The van der Waals surface area contributed by atoms with Crippen molar-refractivity contribution in [3.63, 3.8) is 0 Å². The molecule has 0 radical (unpaired) electrons. The van der Waals surface area contributed by atoms with E-state index in [2.05, 4.69) is 32.7 Å². The van der Waals surface area contributed by atoms with Gasteiger partial charge in [-0.25, -0.2) is 9.78 Å². The minimum Gasteiger partial charge on any atom is -0.308 e. The van der Waals surface area contributed by atoms with Crippen molar-refractivity contribution in [3.8, 4) is 0 Å². The van der Waals surface area contributed by atoms with E-state index >= 15 is 0 Å². The summed E-state index contributed by atoms with van der Waals surface area (Å²) in [5.41, 5.74) is 2.84. The fourth-order valence-electron chi connectivity index (χ4n) is 2.74. The molecule has 8 nitrogen and oxygen atoms in total. The van der Waals surface area contributed by atoms with E-state index in [0.717, 1.165) is 6.42 Å². The average molecular weight is 473 g/mol. The minimum atomic E-state index is -0.389. The summed E-state index contributed by atoms with van der Waals surface area (Å²) < 4.78 is 2.05. The van der Waals surface area contributed by atoms with Gasteiger partial charge in [0, 0.05) is 23.7 Å². The average Bonchev–Trinajstić information content (AvgIpc) is 3.20. The fraction of sp³-hybridized carbons (Fsp3) is 0.150. The number of nitrogens with zero attached hydrogens (tertiary/aromatic N) is 4. The Bertz CT molecular complexity index is 1290. The summed E-state index contributed by atoms with van der Waals surface area (Å²) in [6.07, 6.45) is 2.48. The maximum Gasteiger partial charge on any atom is 0.325 e. The number of rotatable bonds is 6. The van der Waals surface area contributed by atoms with E-state index in [1.54, 1.807) is 12.1 Å². The summed E-state index contributed by atoms with van der Waals surface area (Å²) in [7, 11) is 0. The number of hydrogen-bond donors (Lipinski definition) is 2. The van der Waals surface area contributed by atoms with Gasteiger partial charge < -0.3 is 5.32 Å². The van der Waals surface area contributed by atoms with Gasteiger partial charge >= 0.3 is 6.03 Å². The predicted molar refractivity (Wildman–Crippen MR) is 124 cm³/mol. The van der Waals surface area contributed by atoms with Gasteiger partial charge in [0.1, 0.15) is 5.65 Å². The molecule has 11 heteroatoms. The molecule has 0 unspecified atom stereocenters. The van der Waals surface area contributed by atoms with Crippen LogP contribution < -0.4 is 16.2 Å². The molecule has 2 N–H and O–H groups in total. The Morgan fingerprint density at radius 1 is 1.16 bits per heavy atom. The Morgan fingerprint density at radius 2 is 1.97 bits per heavy atom. The SMILES string of the molecule is CCc1ccc(NC(=O)Nc2nnc(SCc3cc(=O)n4cc(Cl)ccc4n3)s2)cc1. The number of pyridine rings is 1. The monoisotopic (exact) mass is 472 g/mol. The molecule has 0 aliphatic carbocycles. The molecule has 0 aliphatic rings. The quantitative estimate of drug-likeness (QED) is 0.311. The number of benzene rings is 1. The molecule has 0 saturated heterocycles. The first-order chi connectivity index (χ1) is 15.0. The van der Waals surface area contributed by atoms with Gasteiger partial charge in [-0.3, -0.25) is 14.5 Å². The van der Waals surface area contributed by atoms with Gasteiger partial charge in [0.25, 0.3) is 5.56 Å². The molecule has 0 atom stereocenters. The number of urea groups is 1. The molecule has 4 rings (SSSR count). The predicted octanol–water partition coefficient (Wildman–Crippen LogP) is 4.70. The number of nitrogens with one attached hydrogen (secondary N) is 2. The molecular formula is C20H17ClN6O2S2. The van der Waals surface area contributed by atoms with Gasteiger partial charge in [-0.2, -0.15) is 0 Å². The zero-order valence-electron chi connectivity index (χ0n) is 16.3. The van der Waals surface area contributed by atoms with Crippen molar-refractivity contribution in [2.24, 2.45) is 0 Å². The molecule has 0 aliphatic heterocycles. The van der Waals surface area contributed by atoms with Gasteiger partial charge in [0.15, 0.2) is 4.34 Å². The summed E-state index contributed by atoms with van der Waals surface area (Å²) >= 11 is 8.56. The van der Waals surface area contributed by atoms with Crippen LogP contribution in [-0.2, 0) is 12.2 Å². The number of hydrogen-bond acceptors (Lipinski definition) is 7. The molecule has 0 spiro atoms. The topological polar surface area (TPSA) is 101 Å². The normalized spacial score (nSPS) is 10.9. The highest BCUT2D eigenvalue weighted by Crippen LogP contribution is 2.28. The van der Waals surface area contributed by atoms with Gasteiger partial charge in [0.05, 0.1) is 10.7 Å². The number of halogens is 1. The van der Waals surface area contributed by atoms with Crippen molar-refractivity contribution in [2.45, 2.75) is 23.4 Å². The third-order valence-corrected chi connectivity index (χ3v) is 6.50. The number of aryl methyl sites for hydroxylation is 1. The van der Waals surface area contributed by atoms with Crippen LogP contribution in [0.25, 0.3) is 5.65 Å². The summed E-state index contributed by atoms with van der Waals surface area (Å²) in [4.78, 5) is 28.9. The number of fused-ring (bicyclic) bond motifs is 1. The molecule has 2 amide bonds. The Kier molecular flexibility index (Phi) is 6.50. The van der Waals surface area contributed by atoms with Gasteiger partial charge in [0.2, 0.25) is 5.13 Å². The standard InChI is InChI=1S/C20H17ClN6O2S2/c1-2-12-3-6-14(7-4-12)23-18(29)24-19-25-26-20(31-19)30-11-15-9-17(28)27-10-13(21)5-8-16(27)22-15/h3-10H,2,11H2,1H3,(H2,23,24,25,29). The van der Waals surface area contributed by atoms with Crippen LogP contribution in [0.4, 0.5) is 15.6 Å². The lowest BCUT2D eigenvalue weighted by Crippen LogP contribution is -2.19. The highest BCUT2D eigenvalue weighted by atomic mass is 35.5. The Hall–Kier alpha value is -2.95. The van der Waals surface area contributed by atoms with Crippen LogP contribution in [0.15, 0.2) is 57.8 Å². The maximum absolute atomic E-state index is 12.2. The van der Waals surface area contributed by atoms with E-state index in [1.165, 1.54) is 45.3 Å². The molecule has 0 saturated carbocycles. The van der Waals surface area contributed by atoms with Crippen LogP contribution >= 0.6 is 34.7 Å². The largest absolute Gasteiger partial charge is 0.325 e. The van der Waals surface area contributed by atoms with E-state index in [4.69, 9.17) is 11.6 Å². The third kappa shape index (κ3) is 5.40. The summed E-state index contributed by atoms with van der Waals surface area (Å²) in [5.74, 6) is 0.443. The Balaban J connectivity index is 1.35. The van der Waals surface area contributed by atoms with E-state index in [9.17, 15) is 9.59 Å². The number of carbonyl (C=O) groups is 1. The van der Waals surface area contributed by atoms with Crippen LogP contribution in [0.2, 0.25) is 5.02 Å². The number of aromatic nitrogens is 4. The van der Waals surface area contributed by atoms with Crippen molar-refractivity contribution in [3.05, 3.63) is 75.3 Å². The molecule has 1 aromatic carbocycles. The lowest BCUT2D eigenvalue weighted by molar-refractivity contribution is 0.262. The number of thioether (sulfide) groups is 1. The fourth-order valence-corrected chi connectivity index (χ4v) is 4.54. The van der Waals surface area contributed by atoms with Crippen LogP contribution in [0.1, 0.15) is 18.2 Å². The minimum absolute atomic E-state index is 0.202. The van der Waals surface area contributed by atoms with E-state index in [1.807, 2.05) is 24.3 Å². The first-order valence-corrected chi connectivity index (χ1v) is 11.5. The van der Waals surface area contributed by atoms with Gasteiger partial charge in [-0.1, -0.05) is 53.8 Å². The number of anilines is 2. The molecular weight excluding hydrogens is 456 g/mol. The molecule has 3 heterocycles. The van der Waals surface area contributed by atoms with Crippen molar-refractivity contribution in [1.82, 2.24) is 19.6 Å². The second kappa shape index (κ2) is 9.46. The van der Waals surface area contributed by atoms with Crippen LogP contribution in [0.5, 0.6) is 0 Å². The highest BCUT2D eigenvalue weighted by Gasteiger charge is 2.10. The second-order valence-corrected chi connectivity index (χ2v) is 9.09. The second-order valence-electron chi connectivity index (χ2n) is 6.45. The highest BCUT2D eigenvalue weighted by molar-refractivity contribution is 8.00. The molecule has 4 aromatic rings. The zero-order chi connectivity index (χ0) is 21.8. The van der Waals surface area contributed by atoms with Crippen molar-refractivity contribution < 1.29 is 4.79 Å². The molecule has 158 valence electrons. The van der Waals surface area contributed by atoms with Crippen LogP contribution in [0, 0.1) is 0 Å². The first-order valence-electron chi connectivity index (χ1n) is 9.31. The molecule has 0 bridgehead atoms. The number of amides is 2. The first kappa shape index (κ1) is 21.3. The molecule has 0 fully saturated rings. The summed E-state index contributed by atoms with van der Waals surface area (Å²) in [5, 5.41) is 14.3. The zero-order valence-corrected chi connectivity index (χ0v) is 18.7. The maximum atomic E-state index is 12.2. The lowest BCUT2D eigenvalue weighted by atomic mass is 10.1. The van der Waals surface area contributed by atoms with Crippen LogP contribution in [-0.4, -0.2) is 25.6 Å². The summed E-state index contributed by atoms with van der Waals surface area (Å²) in [6.45, 7) is 2.07. The Morgan fingerprint density at radius 3 is 2.74 bits per heavy atom. The molecule has 31 heavy (non-hydrogen) atoms. The molecule has 3 aromatic heterocycles. The smallest absolute Gasteiger partial charge is 0.308 e. The van der Waals surface area contributed by atoms with Gasteiger partial charge in [-0.15, -0.1) is 10.2 Å². The van der Waals surface area contributed by atoms with E-state index < -0.39 is 0 Å². The Labute approximate surface area is 190 Å². The lowest BCUT2D eigenvalue weighted by Gasteiger charge is -2.05. The number of carbonyl (C=O) groups excluding carboxylic acids is 1. The van der Waals surface area contributed by atoms with E-state index in [0.29, 0.717) is 37.3 Å².